The SMILES string of the molecule is Cc1cc(CN)ccc1S(=O)(=O)N(C)C1CC1. The molecule has 2 N–H and O–H groups in total. The summed E-state index contributed by atoms with van der Waals surface area (Å²) in [4.78, 5) is 0.393. The van der Waals surface area contributed by atoms with Crippen molar-refractivity contribution in [2.45, 2.75) is 37.2 Å². The molecular formula is C12H18N2O2S. The first-order valence-corrected chi connectivity index (χ1v) is 7.18. The molecule has 0 heterocycles. The third kappa shape index (κ3) is 2.36. The lowest BCUT2D eigenvalue weighted by Crippen LogP contribution is -2.29. The van der Waals surface area contributed by atoms with E-state index < -0.39 is 10.0 Å². The summed E-state index contributed by atoms with van der Waals surface area (Å²) in [5.41, 5.74) is 7.25. The van der Waals surface area contributed by atoms with Crippen molar-refractivity contribution in [1.29, 1.82) is 0 Å². The fourth-order valence-corrected chi connectivity index (χ4v) is 3.54. The predicted molar refractivity (Wildman–Crippen MR) is 67.0 cm³/mol. The molecule has 0 bridgehead atoms. The van der Waals surface area contributed by atoms with Gasteiger partial charge in [-0.3, -0.25) is 0 Å². The number of benzene rings is 1. The Morgan fingerprint density at radius 2 is 2.06 bits per heavy atom. The van der Waals surface area contributed by atoms with Crippen LogP contribution >= 0.6 is 0 Å². The van der Waals surface area contributed by atoms with Crippen LogP contribution < -0.4 is 5.73 Å². The van der Waals surface area contributed by atoms with Gasteiger partial charge in [0.1, 0.15) is 0 Å². The molecule has 1 aromatic carbocycles. The van der Waals surface area contributed by atoms with Crippen molar-refractivity contribution in [1.82, 2.24) is 4.31 Å². The third-order valence-corrected chi connectivity index (χ3v) is 5.26. The van der Waals surface area contributed by atoms with Crippen LogP contribution in [0.3, 0.4) is 0 Å². The van der Waals surface area contributed by atoms with E-state index >= 15 is 0 Å². The second kappa shape index (κ2) is 4.40. The molecule has 0 amide bonds. The molecular weight excluding hydrogens is 236 g/mol. The molecule has 1 saturated carbocycles. The van der Waals surface area contributed by atoms with Crippen LogP contribution in [0.25, 0.3) is 0 Å². The maximum atomic E-state index is 12.3. The minimum absolute atomic E-state index is 0.189. The highest BCUT2D eigenvalue weighted by atomic mass is 32.2. The Bertz CT molecular complexity index is 521. The molecule has 1 aromatic rings. The Hall–Kier alpha value is -0.910. The first-order chi connectivity index (χ1) is 7.96. The lowest BCUT2D eigenvalue weighted by atomic mass is 10.1. The summed E-state index contributed by atoms with van der Waals surface area (Å²) in [6.07, 6.45) is 1.94. The van der Waals surface area contributed by atoms with Crippen LogP contribution in [0.15, 0.2) is 23.1 Å². The van der Waals surface area contributed by atoms with Crippen LogP contribution in [0, 0.1) is 6.92 Å². The summed E-state index contributed by atoms with van der Waals surface area (Å²) in [6.45, 7) is 2.24. The van der Waals surface area contributed by atoms with Gasteiger partial charge < -0.3 is 5.73 Å². The number of nitrogens with zero attached hydrogens (tertiary/aromatic N) is 1. The number of nitrogens with two attached hydrogens (primary N) is 1. The van der Waals surface area contributed by atoms with E-state index in [0.717, 1.165) is 24.0 Å². The molecule has 4 nitrogen and oxygen atoms in total. The third-order valence-electron chi connectivity index (χ3n) is 3.19. The van der Waals surface area contributed by atoms with E-state index in [1.54, 1.807) is 19.2 Å². The van der Waals surface area contributed by atoms with Crippen molar-refractivity contribution in [3.05, 3.63) is 29.3 Å². The van der Waals surface area contributed by atoms with Gasteiger partial charge in [0, 0.05) is 19.6 Å². The van der Waals surface area contributed by atoms with Crippen LogP contribution in [0.2, 0.25) is 0 Å². The summed E-state index contributed by atoms with van der Waals surface area (Å²) in [5.74, 6) is 0. The number of aryl methyl sites for hydroxylation is 1. The Kier molecular flexibility index (Phi) is 3.25. The average molecular weight is 254 g/mol. The molecule has 5 heteroatoms. The van der Waals surface area contributed by atoms with Crippen LogP contribution in [0.5, 0.6) is 0 Å². The predicted octanol–water partition coefficient (Wildman–Crippen LogP) is 1.24. The Labute approximate surface area is 102 Å². The van der Waals surface area contributed by atoms with Crippen molar-refractivity contribution >= 4 is 10.0 Å². The van der Waals surface area contributed by atoms with E-state index in [9.17, 15) is 8.42 Å². The maximum absolute atomic E-state index is 12.3. The lowest BCUT2D eigenvalue weighted by Gasteiger charge is -2.18. The molecule has 94 valence electrons. The molecule has 17 heavy (non-hydrogen) atoms. The quantitative estimate of drug-likeness (QED) is 0.879. The van der Waals surface area contributed by atoms with Crippen molar-refractivity contribution in [2.24, 2.45) is 5.73 Å². The topological polar surface area (TPSA) is 63.4 Å². The van der Waals surface area contributed by atoms with Crippen molar-refractivity contribution in [3.8, 4) is 0 Å². The number of sulfonamides is 1. The van der Waals surface area contributed by atoms with E-state index in [1.165, 1.54) is 4.31 Å². The Morgan fingerprint density at radius 1 is 1.41 bits per heavy atom. The van der Waals surface area contributed by atoms with Crippen molar-refractivity contribution < 1.29 is 8.42 Å². The minimum atomic E-state index is -3.34. The van der Waals surface area contributed by atoms with E-state index in [2.05, 4.69) is 0 Å². The second-order valence-corrected chi connectivity index (χ2v) is 6.52. The second-order valence-electron chi connectivity index (χ2n) is 4.56. The molecule has 0 radical (unpaired) electrons. The van der Waals surface area contributed by atoms with Gasteiger partial charge in [-0.25, -0.2) is 8.42 Å². The molecule has 0 aromatic heterocycles. The van der Waals surface area contributed by atoms with Gasteiger partial charge in [0.05, 0.1) is 4.90 Å². The molecule has 0 saturated heterocycles. The lowest BCUT2D eigenvalue weighted by molar-refractivity contribution is 0.464. The Balaban J connectivity index is 2.39. The van der Waals surface area contributed by atoms with Gasteiger partial charge in [0.25, 0.3) is 0 Å². The van der Waals surface area contributed by atoms with Gasteiger partial charge in [-0.05, 0) is 37.0 Å². The van der Waals surface area contributed by atoms with Crippen LogP contribution in [0.4, 0.5) is 0 Å². The van der Waals surface area contributed by atoms with E-state index in [4.69, 9.17) is 5.73 Å². The number of hydrogen-bond acceptors (Lipinski definition) is 3. The zero-order chi connectivity index (χ0) is 12.6. The monoisotopic (exact) mass is 254 g/mol. The van der Waals surface area contributed by atoms with E-state index in [0.29, 0.717) is 11.4 Å². The van der Waals surface area contributed by atoms with Crippen molar-refractivity contribution in [2.75, 3.05) is 7.05 Å². The largest absolute Gasteiger partial charge is 0.326 e. The maximum Gasteiger partial charge on any atom is 0.243 e. The molecule has 0 atom stereocenters. The van der Waals surface area contributed by atoms with Gasteiger partial charge in [-0.15, -0.1) is 0 Å². The van der Waals surface area contributed by atoms with Crippen molar-refractivity contribution in [3.63, 3.8) is 0 Å². The summed E-state index contributed by atoms with van der Waals surface area (Å²) in [7, 11) is -1.68. The first-order valence-electron chi connectivity index (χ1n) is 5.74. The molecule has 2 rings (SSSR count). The summed E-state index contributed by atoms with van der Waals surface area (Å²) < 4.78 is 26.1. The van der Waals surface area contributed by atoms with Gasteiger partial charge in [-0.2, -0.15) is 4.31 Å². The molecule has 0 aliphatic heterocycles. The normalized spacial score (nSPS) is 16.5. The van der Waals surface area contributed by atoms with Gasteiger partial charge >= 0.3 is 0 Å². The average Bonchev–Trinajstić information content (AvgIpc) is 3.11. The summed E-state index contributed by atoms with van der Waals surface area (Å²) >= 11 is 0. The summed E-state index contributed by atoms with van der Waals surface area (Å²) in [5, 5.41) is 0. The highest BCUT2D eigenvalue weighted by Gasteiger charge is 2.35. The molecule has 1 aliphatic carbocycles. The van der Waals surface area contributed by atoms with E-state index in [-0.39, 0.29) is 6.04 Å². The molecule has 0 unspecified atom stereocenters. The Morgan fingerprint density at radius 3 is 2.53 bits per heavy atom. The molecule has 1 fully saturated rings. The minimum Gasteiger partial charge on any atom is -0.326 e. The first kappa shape index (κ1) is 12.5. The zero-order valence-corrected chi connectivity index (χ0v) is 11.0. The molecule has 0 spiro atoms. The highest BCUT2D eigenvalue weighted by Crippen LogP contribution is 2.31. The van der Waals surface area contributed by atoms with Crippen LogP contribution in [-0.4, -0.2) is 25.8 Å². The fraction of sp³-hybridized carbons (Fsp3) is 0.500. The smallest absolute Gasteiger partial charge is 0.243 e. The number of rotatable bonds is 4. The van der Waals surface area contributed by atoms with Gasteiger partial charge in [-0.1, -0.05) is 12.1 Å². The number of hydrogen-bond donors (Lipinski definition) is 1. The standard InChI is InChI=1S/C12H18N2O2S/c1-9-7-10(8-13)3-6-12(9)17(15,16)14(2)11-4-5-11/h3,6-7,11H,4-5,8,13H2,1-2H3. The summed E-state index contributed by atoms with van der Waals surface area (Å²) in [6, 6.07) is 5.47. The zero-order valence-electron chi connectivity index (χ0n) is 10.2. The van der Waals surface area contributed by atoms with Gasteiger partial charge in [0.15, 0.2) is 0 Å². The van der Waals surface area contributed by atoms with Crippen LogP contribution in [0.1, 0.15) is 24.0 Å². The van der Waals surface area contributed by atoms with E-state index in [1.807, 2.05) is 13.0 Å². The van der Waals surface area contributed by atoms with Crippen LogP contribution in [-0.2, 0) is 16.6 Å². The van der Waals surface area contributed by atoms with Gasteiger partial charge in [0.2, 0.25) is 10.0 Å². The molecule has 1 aliphatic rings. The highest BCUT2D eigenvalue weighted by molar-refractivity contribution is 7.89. The fourth-order valence-electron chi connectivity index (χ4n) is 1.92.